The average molecular weight is 303 g/mol. The van der Waals surface area contributed by atoms with Crippen LogP contribution in [0.15, 0.2) is 12.1 Å². The van der Waals surface area contributed by atoms with Crippen molar-refractivity contribution in [2.75, 3.05) is 23.8 Å². The van der Waals surface area contributed by atoms with E-state index in [1.54, 1.807) is 6.92 Å². The maximum absolute atomic E-state index is 14.3. The van der Waals surface area contributed by atoms with Gasteiger partial charge in [-0.15, -0.1) is 0 Å². The summed E-state index contributed by atoms with van der Waals surface area (Å²) in [7, 11) is 0. The van der Waals surface area contributed by atoms with E-state index in [2.05, 4.69) is 5.32 Å². The molecule has 2 unspecified atom stereocenters. The maximum atomic E-state index is 14.3. The van der Waals surface area contributed by atoms with E-state index < -0.39 is 11.6 Å². The molecule has 0 aliphatic carbocycles. The highest BCUT2D eigenvalue weighted by Gasteiger charge is 2.30. The highest BCUT2D eigenvalue weighted by atomic mass is 32.2. The molecule has 0 bridgehead atoms. The molecule has 1 aromatic rings. The lowest BCUT2D eigenvalue weighted by molar-refractivity contribution is 0.471. The van der Waals surface area contributed by atoms with Crippen molar-refractivity contribution < 1.29 is 8.78 Å². The Morgan fingerprint density at radius 3 is 2.79 bits per heavy atom. The van der Waals surface area contributed by atoms with E-state index in [-0.39, 0.29) is 16.9 Å². The highest BCUT2D eigenvalue weighted by molar-refractivity contribution is 8.06. The minimum atomic E-state index is -0.440. The number of hydrogen-bond donors (Lipinski definition) is 1. The summed E-state index contributed by atoms with van der Waals surface area (Å²) < 4.78 is 28.4. The fraction of sp³-hybridized carbons (Fsp3) is 0.571. The first-order valence-corrected chi connectivity index (χ1v) is 8.72. The van der Waals surface area contributed by atoms with E-state index in [1.165, 1.54) is 12.1 Å². The van der Waals surface area contributed by atoms with Crippen LogP contribution in [0.3, 0.4) is 0 Å². The van der Waals surface area contributed by atoms with Crippen molar-refractivity contribution in [3.63, 3.8) is 0 Å². The van der Waals surface area contributed by atoms with Gasteiger partial charge in [-0.2, -0.15) is 23.5 Å². The number of thioether (sulfide) groups is 2. The van der Waals surface area contributed by atoms with Gasteiger partial charge in [0, 0.05) is 28.1 Å². The Hall–Kier alpha value is -0.260. The summed E-state index contributed by atoms with van der Waals surface area (Å²) in [4.78, 5) is 0. The number of halogens is 2. The van der Waals surface area contributed by atoms with E-state index in [0.717, 1.165) is 17.3 Å². The molecule has 1 N–H and O–H groups in total. The Kier molecular flexibility index (Phi) is 5.54. The average Bonchev–Trinajstić information content (AvgIpc) is 2.43. The van der Waals surface area contributed by atoms with Crippen molar-refractivity contribution in [1.29, 1.82) is 0 Å². The Bertz CT molecular complexity index is 434. The molecule has 1 aliphatic heterocycles. The van der Waals surface area contributed by atoms with Crippen LogP contribution in [0.1, 0.15) is 24.1 Å². The van der Waals surface area contributed by atoms with Gasteiger partial charge in [0.1, 0.15) is 11.6 Å². The molecule has 0 saturated carbocycles. The lowest BCUT2D eigenvalue weighted by atomic mass is 10.00. The third-order valence-electron chi connectivity index (χ3n) is 3.27. The monoisotopic (exact) mass is 303 g/mol. The number of hydrogen-bond acceptors (Lipinski definition) is 3. The van der Waals surface area contributed by atoms with Crippen molar-refractivity contribution in [1.82, 2.24) is 5.32 Å². The van der Waals surface area contributed by atoms with Crippen LogP contribution in [0, 0.1) is 18.6 Å². The van der Waals surface area contributed by atoms with Crippen LogP contribution in [0.5, 0.6) is 0 Å². The number of rotatable bonds is 4. The Morgan fingerprint density at radius 1 is 1.37 bits per heavy atom. The molecule has 1 fully saturated rings. The molecule has 1 nitrogen and oxygen atoms in total. The summed E-state index contributed by atoms with van der Waals surface area (Å²) in [6.45, 7) is 4.36. The van der Waals surface area contributed by atoms with Gasteiger partial charge >= 0.3 is 0 Å². The molecule has 1 heterocycles. The highest BCUT2D eigenvalue weighted by Crippen LogP contribution is 2.36. The molecule has 0 radical (unpaired) electrons. The van der Waals surface area contributed by atoms with Crippen LogP contribution in [-0.4, -0.2) is 29.1 Å². The summed E-state index contributed by atoms with van der Waals surface area (Å²) in [5, 5.41) is 3.49. The Morgan fingerprint density at radius 2 is 2.16 bits per heavy atom. The molecule has 2 rings (SSSR count). The Labute approximate surface area is 121 Å². The van der Waals surface area contributed by atoms with Gasteiger partial charge in [0.05, 0.1) is 6.04 Å². The zero-order valence-electron chi connectivity index (χ0n) is 11.2. The second-order valence-electron chi connectivity index (χ2n) is 4.61. The molecule has 2 atom stereocenters. The van der Waals surface area contributed by atoms with Crippen molar-refractivity contribution in [3.8, 4) is 0 Å². The summed E-state index contributed by atoms with van der Waals surface area (Å²) in [6, 6.07) is 2.63. The predicted molar refractivity (Wildman–Crippen MR) is 81.1 cm³/mol. The minimum Gasteiger partial charge on any atom is -0.309 e. The molecule has 1 saturated heterocycles. The standard InChI is InChI=1S/C14H19F2NS2/c1-3-17-14(11-8-18-6-7-19-11)12-10(15)5-4-9(2)13(12)16/h4-5,11,14,17H,3,6-8H2,1-2H3. The molecule has 5 heteroatoms. The predicted octanol–water partition coefficient (Wildman–Crippen LogP) is 3.77. The van der Waals surface area contributed by atoms with Gasteiger partial charge < -0.3 is 5.32 Å². The molecule has 0 aromatic heterocycles. The molecular formula is C14H19F2NS2. The van der Waals surface area contributed by atoms with Crippen LogP contribution in [0.2, 0.25) is 0 Å². The van der Waals surface area contributed by atoms with Gasteiger partial charge in [-0.05, 0) is 25.1 Å². The van der Waals surface area contributed by atoms with E-state index >= 15 is 0 Å². The zero-order chi connectivity index (χ0) is 13.8. The molecule has 0 amide bonds. The second kappa shape index (κ2) is 6.95. The van der Waals surface area contributed by atoms with Crippen molar-refractivity contribution >= 4 is 23.5 Å². The van der Waals surface area contributed by atoms with Gasteiger partial charge in [-0.3, -0.25) is 0 Å². The summed E-state index contributed by atoms with van der Waals surface area (Å²) >= 11 is 3.67. The third-order valence-corrected chi connectivity index (χ3v) is 6.13. The SMILES string of the molecule is CCNC(c1c(F)ccc(C)c1F)C1CSCCS1. The molecule has 0 spiro atoms. The molecule has 106 valence electrons. The van der Waals surface area contributed by atoms with Gasteiger partial charge in [0.15, 0.2) is 0 Å². The largest absolute Gasteiger partial charge is 0.309 e. The fourth-order valence-corrected chi connectivity index (χ4v) is 5.15. The first-order valence-electron chi connectivity index (χ1n) is 6.52. The lowest BCUT2D eigenvalue weighted by Crippen LogP contribution is -2.35. The van der Waals surface area contributed by atoms with E-state index in [9.17, 15) is 8.78 Å². The zero-order valence-corrected chi connectivity index (χ0v) is 12.8. The number of benzene rings is 1. The van der Waals surface area contributed by atoms with E-state index in [0.29, 0.717) is 12.1 Å². The fourth-order valence-electron chi connectivity index (χ4n) is 2.30. The first kappa shape index (κ1) is 15.1. The lowest BCUT2D eigenvalue weighted by Gasteiger charge is -2.31. The smallest absolute Gasteiger partial charge is 0.133 e. The summed E-state index contributed by atoms with van der Waals surface area (Å²) in [6.07, 6.45) is 0. The van der Waals surface area contributed by atoms with Crippen LogP contribution in [-0.2, 0) is 0 Å². The molecular weight excluding hydrogens is 284 g/mol. The maximum Gasteiger partial charge on any atom is 0.133 e. The summed E-state index contributed by atoms with van der Waals surface area (Å²) in [5.41, 5.74) is 0.717. The molecule has 1 aliphatic rings. The second-order valence-corrected chi connectivity index (χ2v) is 7.11. The van der Waals surface area contributed by atoms with Gasteiger partial charge in [-0.25, -0.2) is 8.78 Å². The quantitative estimate of drug-likeness (QED) is 0.909. The Balaban J connectivity index is 2.35. The number of aryl methyl sites for hydroxylation is 1. The van der Waals surface area contributed by atoms with Crippen molar-refractivity contribution in [3.05, 3.63) is 34.9 Å². The number of nitrogens with one attached hydrogen (secondary N) is 1. The van der Waals surface area contributed by atoms with Gasteiger partial charge in [-0.1, -0.05) is 13.0 Å². The van der Waals surface area contributed by atoms with Gasteiger partial charge in [0.2, 0.25) is 0 Å². The molecule has 19 heavy (non-hydrogen) atoms. The van der Waals surface area contributed by atoms with Crippen molar-refractivity contribution in [2.24, 2.45) is 0 Å². The topological polar surface area (TPSA) is 12.0 Å². The minimum absolute atomic E-state index is 0.210. The van der Waals surface area contributed by atoms with E-state index in [1.807, 2.05) is 30.4 Å². The van der Waals surface area contributed by atoms with Crippen molar-refractivity contribution in [2.45, 2.75) is 25.1 Å². The third kappa shape index (κ3) is 3.44. The van der Waals surface area contributed by atoms with Crippen LogP contribution in [0.25, 0.3) is 0 Å². The molecule has 1 aromatic carbocycles. The normalized spacial score (nSPS) is 21.4. The first-order chi connectivity index (χ1) is 9.15. The van der Waals surface area contributed by atoms with Crippen LogP contribution < -0.4 is 5.32 Å². The summed E-state index contributed by atoms with van der Waals surface area (Å²) in [5.74, 6) is 2.27. The van der Waals surface area contributed by atoms with Crippen LogP contribution >= 0.6 is 23.5 Å². The van der Waals surface area contributed by atoms with Crippen LogP contribution in [0.4, 0.5) is 8.78 Å². The van der Waals surface area contributed by atoms with Gasteiger partial charge in [0.25, 0.3) is 0 Å². The van der Waals surface area contributed by atoms with E-state index in [4.69, 9.17) is 0 Å².